The third-order valence-electron chi connectivity index (χ3n) is 5.60. The monoisotopic (exact) mass is 499 g/mol. The molecule has 0 aliphatic heterocycles. The van der Waals surface area contributed by atoms with Gasteiger partial charge in [-0.1, -0.05) is 42.1 Å². The summed E-state index contributed by atoms with van der Waals surface area (Å²) in [6, 6.07) is 23.1. The number of ether oxygens (including phenoxy) is 1. The third kappa shape index (κ3) is 5.06. The van der Waals surface area contributed by atoms with Crippen LogP contribution in [0.1, 0.15) is 5.56 Å². The Morgan fingerprint density at radius 1 is 1.00 bits per heavy atom. The predicted molar refractivity (Wildman–Crippen MR) is 138 cm³/mol. The Labute approximate surface area is 211 Å². The minimum Gasteiger partial charge on any atom is -0.497 e. The van der Waals surface area contributed by atoms with E-state index in [0.29, 0.717) is 22.9 Å². The lowest BCUT2D eigenvalue weighted by atomic mass is 10.2. The molecule has 0 fully saturated rings. The molecule has 0 aliphatic rings. The van der Waals surface area contributed by atoms with Crippen molar-refractivity contribution in [1.82, 2.24) is 19.7 Å². The molecule has 0 radical (unpaired) electrons. The van der Waals surface area contributed by atoms with E-state index in [2.05, 4.69) is 15.1 Å². The van der Waals surface area contributed by atoms with Crippen LogP contribution in [0, 0.1) is 5.82 Å². The zero-order valence-electron chi connectivity index (χ0n) is 19.4. The molecule has 5 rings (SSSR count). The van der Waals surface area contributed by atoms with Gasteiger partial charge in [0.05, 0.1) is 36.7 Å². The number of hydrogen-bond donors (Lipinski definition) is 0. The maximum atomic E-state index is 13.5. The Morgan fingerprint density at radius 3 is 2.47 bits per heavy atom. The number of amides is 1. The van der Waals surface area contributed by atoms with Gasteiger partial charge in [0, 0.05) is 5.69 Å². The molecule has 36 heavy (non-hydrogen) atoms. The Hall–Kier alpha value is -4.24. The van der Waals surface area contributed by atoms with Crippen LogP contribution >= 0.6 is 11.8 Å². The average Bonchev–Trinajstić information content (AvgIpc) is 3.36. The van der Waals surface area contributed by atoms with E-state index in [1.807, 2.05) is 54.6 Å². The van der Waals surface area contributed by atoms with E-state index >= 15 is 0 Å². The van der Waals surface area contributed by atoms with Crippen molar-refractivity contribution in [3.05, 3.63) is 103 Å². The summed E-state index contributed by atoms with van der Waals surface area (Å²) in [7, 11) is 1.62. The van der Waals surface area contributed by atoms with Crippen molar-refractivity contribution in [1.29, 1.82) is 0 Å². The highest BCUT2D eigenvalue weighted by molar-refractivity contribution is 8.00. The standard InChI is InChI=1S/C27H22FN5O2S/c1-35-23-13-11-22(12-14-23)33-26-24(15-31-33)27(30-18-29-26)36-17-25(34)32(16-19-5-3-2-4-6-19)21-9-7-20(28)8-10-21/h2-15,18H,16-17H2,1H3. The van der Waals surface area contributed by atoms with Crippen molar-refractivity contribution in [2.45, 2.75) is 11.6 Å². The molecular formula is C27H22FN5O2S. The number of aromatic nitrogens is 4. The molecule has 0 atom stereocenters. The van der Waals surface area contributed by atoms with Crippen LogP contribution in [0.15, 0.2) is 96.4 Å². The predicted octanol–water partition coefficient (Wildman–Crippen LogP) is 5.29. The number of methoxy groups -OCH3 is 1. The molecule has 0 saturated heterocycles. The van der Waals surface area contributed by atoms with Crippen molar-refractivity contribution in [3.8, 4) is 11.4 Å². The van der Waals surface area contributed by atoms with Gasteiger partial charge in [0.15, 0.2) is 5.65 Å². The molecule has 0 bridgehead atoms. The van der Waals surface area contributed by atoms with E-state index in [4.69, 9.17) is 4.74 Å². The topological polar surface area (TPSA) is 73.1 Å². The van der Waals surface area contributed by atoms with E-state index in [0.717, 1.165) is 22.4 Å². The van der Waals surface area contributed by atoms with E-state index in [-0.39, 0.29) is 17.5 Å². The fourth-order valence-electron chi connectivity index (χ4n) is 3.77. The second-order valence-corrected chi connectivity index (χ2v) is 8.87. The van der Waals surface area contributed by atoms with Gasteiger partial charge < -0.3 is 9.64 Å². The van der Waals surface area contributed by atoms with Gasteiger partial charge in [-0.15, -0.1) is 0 Å². The van der Waals surface area contributed by atoms with Crippen LogP contribution in [0.5, 0.6) is 5.75 Å². The summed E-state index contributed by atoms with van der Waals surface area (Å²) in [5.41, 5.74) is 3.09. The lowest BCUT2D eigenvalue weighted by Crippen LogP contribution is -2.32. The molecule has 180 valence electrons. The van der Waals surface area contributed by atoms with E-state index < -0.39 is 0 Å². The largest absolute Gasteiger partial charge is 0.497 e. The average molecular weight is 500 g/mol. The maximum absolute atomic E-state index is 13.5. The molecule has 1 amide bonds. The fraction of sp³-hybridized carbons (Fsp3) is 0.111. The first kappa shape index (κ1) is 23.5. The minimum atomic E-state index is -0.350. The summed E-state index contributed by atoms with van der Waals surface area (Å²) in [6.07, 6.45) is 3.17. The Bertz CT molecular complexity index is 1470. The first-order chi connectivity index (χ1) is 17.6. The smallest absolute Gasteiger partial charge is 0.237 e. The van der Waals surface area contributed by atoms with Crippen LogP contribution in [0.2, 0.25) is 0 Å². The molecule has 0 N–H and O–H groups in total. The summed E-state index contributed by atoms with van der Waals surface area (Å²) < 4.78 is 20.5. The number of rotatable bonds is 8. The van der Waals surface area contributed by atoms with Crippen molar-refractivity contribution in [2.75, 3.05) is 17.8 Å². The van der Waals surface area contributed by atoms with Gasteiger partial charge in [0.2, 0.25) is 5.91 Å². The molecule has 2 aromatic heterocycles. The highest BCUT2D eigenvalue weighted by Crippen LogP contribution is 2.28. The summed E-state index contributed by atoms with van der Waals surface area (Å²) in [5.74, 6) is 0.424. The Balaban J connectivity index is 1.38. The molecule has 0 saturated carbocycles. The number of anilines is 1. The zero-order valence-corrected chi connectivity index (χ0v) is 20.2. The summed E-state index contributed by atoms with van der Waals surface area (Å²) in [5, 5.41) is 5.90. The molecule has 9 heteroatoms. The quantitative estimate of drug-likeness (QED) is 0.213. The van der Waals surface area contributed by atoms with Crippen LogP contribution in [0.4, 0.5) is 10.1 Å². The van der Waals surface area contributed by atoms with Gasteiger partial charge in [0.1, 0.15) is 22.9 Å². The first-order valence-electron chi connectivity index (χ1n) is 11.2. The normalized spacial score (nSPS) is 10.9. The maximum Gasteiger partial charge on any atom is 0.237 e. The van der Waals surface area contributed by atoms with Crippen LogP contribution in [-0.2, 0) is 11.3 Å². The number of benzene rings is 3. The summed E-state index contributed by atoms with van der Waals surface area (Å²) in [6.45, 7) is 0.375. The van der Waals surface area contributed by atoms with Gasteiger partial charge in [0.25, 0.3) is 0 Å². The van der Waals surface area contributed by atoms with Gasteiger partial charge in [-0.25, -0.2) is 19.0 Å². The lowest BCUT2D eigenvalue weighted by Gasteiger charge is -2.23. The number of halogens is 1. The fourth-order valence-corrected chi connectivity index (χ4v) is 4.61. The molecule has 5 aromatic rings. The highest BCUT2D eigenvalue weighted by atomic mass is 32.2. The Kier molecular flexibility index (Phi) is 6.90. The molecule has 7 nitrogen and oxygen atoms in total. The minimum absolute atomic E-state index is 0.121. The lowest BCUT2D eigenvalue weighted by molar-refractivity contribution is -0.116. The number of nitrogens with zero attached hydrogens (tertiary/aromatic N) is 5. The zero-order chi connectivity index (χ0) is 24.9. The second-order valence-electron chi connectivity index (χ2n) is 7.90. The first-order valence-corrected chi connectivity index (χ1v) is 12.2. The highest BCUT2D eigenvalue weighted by Gasteiger charge is 2.19. The molecular weight excluding hydrogens is 477 g/mol. The Morgan fingerprint density at radius 2 is 1.75 bits per heavy atom. The van der Waals surface area contributed by atoms with Crippen LogP contribution in [0.25, 0.3) is 16.7 Å². The van der Waals surface area contributed by atoms with E-state index in [1.165, 1.54) is 30.2 Å². The molecule has 2 heterocycles. The van der Waals surface area contributed by atoms with Crippen molar-refractivity contribution in [3.63, 3.8) is 0 Å². The van der Waals surface area contributed by atoms with Crippen LogP contribution in [-0.4, -0.2) is 38.5 Å². The number of fused-ring (bicyclic) bond motifs is 1. The SMILES string of the molecule is COc1ccc(-n2ncc3c(SCC(=O)N(Cc4ccccc4)c4ccc(F)cc4)ncnc32)cc1. The van der Waals surface area contributed by atoms with Gasteiger partial charge in [-0.3, -0.25) is 4.79 Å². The van der Waals surface area contributed by atoms with Crippen LogP contribution in [0.3, 0.4) is 0 Å². The molecule has 0 spiro atoms. The van der Waals surface area contributed by atoms with Crippen LogP contribution < -0.4 is 9.64 Å². The second kappa shape index (κ2) is 10.6. The molecule has 0 aliphatic carbocycles. The van der Waals surface area contributed by atoms with E-state index in [9.17, 15) is 9.18 Å². The van der Waals surface area contributed by atoms with Gasteiger partial charge in [-0.05, 0) is 54.1 Å². The summed E-state index contributed by atoms with van der Waals surface area (Å²) in [4.78, 5) is 23.8. The van der Waals surface area contributed by atoms with Crippen molar-refractivity contribution < 1.29 is 13.9 Å². The van der Waals surface area contributed by atoms with Gasteiger partial charge >= 0.3 is 0 Å². The van der Waals surface area contributed by atoms with Gasteiger partial charge in [-0.2, -0.15) is 5.10 Å². The molecule has 0 unspecified atom stereocenters. The van der Waals surface area contributed by atoms with Crippen molar-refractivity contribution in [2.24, 2.45) is 0 Å². The number of thioether (sulfide) groups is 1. The summed E-state index contributed by atoms with van der Waals surface area (Å²) >= 11 is 1.32. The number of carbonyl (C=O) groups excluding carboxylic acids is 1. The van der Waals surface area contributed by atoms with Crippen molar-refractivity contribution >= 4 is 34.4 Å². The van der Waals surface area contributed by atoms with E-state index in [1.54, 1.807) is 35.0 Å². The number of hydrogen-bond acceptors (Lipinski definition) is 6. The number of carbonyl (C=O) groups is 1. The molecule has 3 aromatic carbocycles. The third-order valence-corrected chi connectivity index (χ3v) is 6.59.